The largest absolute Gasteiger partial charge is 0.491 e. The van der Waals surface area contributed by atoms with E-state index in [2.05, 4.69) is 6.58 Å². The van der Waals surface area contributed by atoms with Crippen molar-refractivity contribution in [2.75, 3.05) is 6.61 Å². The second-order valence-electron chi connectivity index (χ2n) is 6.93. The lowest BCUT2D eigenvalue weighted by Gasteiger charge is -2.30. The van der Waals surface area contributed by atoms with Crippen molar-refractivity contribution < 1.29 is 22.3 Å². The van der Waals surface area contributed by atoms with Gasteiger partial charge in [0.1, 0.15) is 11.6 Å². The Morgan fingerprint density at radius 1 is 1.41 bits per heavy atom. The zero-order chi connectivity index (χ0) is 20.2. The van der Waals surface area contributed by atoms with E-state index >= 15 is 0 Å². The first-order chi connectivity index (χ1) is 12.7. The van der Waals surface area contributed by atoms with Crippen molar-refractivity contribution in [1.29, 1.82) is 0 Å². The number of hydrogen-bond donors (Lipinski definition) is 1. The maximum atomic E-state index is 14.4. The topological polar surface area (TPSA) is 72.5 Å². The number of carbonyl (C=O) groups excluding carboxylic acids is 1. The molecule has 0 aromatic heterocycles. The highest BCUT2D eigenvalue weighted by atomic mass is 35.5. The van der Waals surface area contributed by atoms with E-state index in [9.17, 15) is 17.6 Å². The van der Waals surface area contributed by atoms with Crippen molar-refractivity contribution in [3.8, 4) is 5.75 Å². The molecule has 1 aliphatic rings. The number of amides is 1. The van der Waals surface area contributed by atoms with E-state index in [1.165, 1.54) is 0 Å². The van der Waals surface area contributed by atoms with Gasteiger partial charge in [-0.15, -0.1) is 6.58 Å². The molecule has 1 aromatic rings. The number of benzene rings is 1. The van der Waals surface area contributed by atoms with E-state index in [1.807, 2.05) is 24.6 Å². The van der Waals surface area contributed by atoms with Crippen LogP contribution >= 0.6 is 11.6 Å². The third kappa shape index (κ3) is 5.23. The summed E-state index contributed by atoms with van der Waals surface area (Å²) in [7, 11) is -3.77. The average Bonchev–Trinajstić information content (AvgIpc) is 3.46. The zero-order valence-corrected chi connectivity index (χ0v) is 17.1. The summed E-state index contributed by atoms with van der Waals surface area (Å²) in [5, 5.41) is -0.534. The summed E-state index contributed by atoms with van der Waals surface area (Å²) >= 11 is 6.14. The number of nitrogens with one attached hydrogen (secondary N) is 1. The first-order valence-corrected chi connectivity index (χ1v) is 10.9. The predicted octanol–water partition coefficient (Wildman–Crippen LogP) is 4.46. The Kier molecular flexibility index (Phi) is 6.92. The van der Waals surface area contributed by atoms with E-state index in [0.717, 1.165) is 31.4 Å². The molecule has 27 heavy (non-hydrogen) atoms. The van der Waals surface area contributed by atoms with Gasteiger partial charge in [-0.25, -0.2) is 17.5 Å². The Morgan fingerprint density at radius 3 is 2.56 bits per heavy atom. The van der Waals surface area contributed by atoms with E-state index in [1.54, 1.807) is 0 Å². The van der Waals surface area contributed by atoms with Gasteiger partial charge in [0.05, 0.1) is 22.4 Å². The van der Waals surface area contributed by atoms with Gasteiger partial charge in [0.15, 0.2) is 0 Å². The molecule has 1 amide bonds. The number of allylic oxidation sites excluding steroid dienone is 1. The summed E-state index contributed by atoms with van der Waals surface area (Å²) in [6.07, 6.45) is 5.29. The Hall–Kier alpha value is -1.60. The van der Waals surface area contributed by atoms with Gasteiger partial charge < -0.3 is 4.74 Å². The normalized spacial score (nSPS) is 14.7. The van der Waals surface area contributed by atoms with Gasteiger partial charge in [-0.05, 0) is 38.2 Å². The molecular weight excluding hydrogens is 393 g/mol. The minimum Gasteiger partial charge on any atom is -0.491 e. The van der Waals surface area contributed by atoms with Crippen LogP contribution in [-0.2, 0) is 10.0 Å². The summed E-state index contributed by atoms with van der Waals surface area (Å²) in [5.74, 6) is -1.80. The van der Waals surface area contributed by atoms with Crippen molar-refractivity contribution in [2.24, 2.45) is 5.41 Å². The van der Waals surface area contributed by atoms with Crippen LogP contribution in [0.2, 0.25) is 5.02 Å². The number of hydrogen-bond acceptors (Lipinski definition) is 4. The minimum absolute atomic E-state index is 0.0464. The fraction of sp³-hybridized carbons (Fsp3) is 0.526. The molecule has 1 saturated carbocycles. The molecule has 1 aliphatic carbocycles. The van der Waals surface area contributed by atoms with Gasteiger partial charge in [-0.3, -0.25) is 4.79 Å². The Bertz CT molecular complexity index is 817. The van der Waals surface area contributed by atoms with Crippen LogP contribution < -0.4 is 9.46 Å². The van der Waals surface area contributed by atoms with Crippen LogP contribution in [0.25, 0.3) is 0 Å². The molecule has 2 rings (SSSR count). The van der Waals surface area contributed by atoms with Gasteiger partial charge in [-0.2, -0.15) is 0 Å². The van der Waals surface area contributed by atoms with Crippen LogP contribution in [0, 0.1) is 11.2 Å². The Balaban J connectivity index is 2.16. The van der Waals surface area contributed by atoms with Crippen LogP contribution in [0.5, 0.6) is 5.75 Å². The van der Waals surface area contributed by atoms with Crippen LogP contribution in [0.1, 0.15) is 56.3 Å². The van der Waals surface area contributed by atoms with Crippen molar-refractivity contribution in [3.05, 3.63) is 41.2 Å². The maximum absolute atomic E-state index is 14.4. The molecule has 150 valence electrons. The summed E-state index contributed by atoms with van der Waals surface area (Å²) in [6.45, 7) is 8.19. The van der Waals surface area contributed by atoms with Gasteiger partial charge in [0.25, 0.3) is 5.91 Å². The molecule has 8 heteroatoms. The lowest BCUT2D eigenvalue weighted by molar-refractivity contribution is 0.0977. The van der Waals surface area contributed by atoms with Gasteiger partial charge in [-0.1, -0.05) is 31.5 Å². The van der Waals surface area contributed by atoms with Crippen LogP contribution in [0.15, 0.2) is 24.8 Å². The first kappa shape index (κ1) is 21.7. The van der Waals surface area contributed by atoms with Gasteiger partial charge in [0.2, 0.25) is 10.0 Å². The minimum atomic E-state index is -3.77. The number of rotatable bonds is 10. The lowest BCUT2D eigenvalue weighted by atomic mass is 9.80. The van der Waals surface area contributed by atoms with Gasteiger partial charge in [0, 0.05) is 11.5 Å². The number of halogens is 2. The molecular formula is C19H25ClFNO4S. The molecule has 1 N–H and O–H groups in total. The average molecular weight is 418 g/mol. The Labute approximate surface area is 165 Å². The van der Waals surface area contributed by atoms with Crippen molar-refractivity contribution >= 4 is 27.5 Å². The summed E-state index contributed by atoms with van der Waals surface area (Å²) < 4.78 is 45.7. The molecule has 0 spiro atoms. The first-order valence-electron chi connectivity index (χ1n) is 8.96. The van der Waals surface area contributed by atoms with Gasteiger partial charge >= 0.3 is 0 Å². The SMILES string of the molecule is C=CCC(CC)(CC)COc1cc(F)c(C(=O)NS(=O)(=O)C2CC2)cc1Cl. The van der Waals surface area contributed by atoms with Crippen LogP contribution in [0.3, 0.4) is 0 Å². The molecule has 1 fully saturated rings. The van der Waals surface area contributed by atoms with Crippen LogP contribution in [-0.4, -0.2) is 26.2 Å². The van der Waals surface area contributed by atoms with E-state index in [4.69, 9.17) is 16.3 Å². The van der Waals surface area contributed by atoms with Crippen molar-refractivity contribution in [2.45, 2.75) is 51.2 Å². The molecule has 0 bridgehead atoms. The highest BCUT2D eigenvalue weighted by Gasteiger charge is 2.37. The number of ether oxygens (including phenoxy) is 1. The highest BCUT2D eigenvalue weighted by molar-refractivity contribution is 7.91. The summed E-state index contributed by atoms with van der Waals surface area (Å²) in [5.41, 5.74) is -0.560. The van der Waals surface area contributed by atoms with Crippen LogP contribution in [0.4, 0.5) is 4.39 Å². The predicted molar refractivity (Wildman–Crippen MR) is 104 cm³/mol. The molecule has 0 atom stereocenters. The summed E-state index contributed by atoms with van der Waals surface area (Å²) in [4.78, 5) is 12.1. The molecule has 0 unspecified atom stereocenters. The van der Waals surface area contributed by atoms with Crippen molar-refractivity contribution in [1.82, 2.24) is 4.72 Å². The lowest BCUT2D eigenvalue weighted by Crippen LogP contribution is -2.33. The fourth-order valence-electron chi connectivity index (χ4n) is 2.80. The zero-order valence-electron chi connectivity index (χ0n) is 15.6. The van der Waals surface area contributed by atoms with E-state index in [-0.39, 0.29) is 16.2 Å². The Morgan fingerprint density at radius 2 is 2.04 bits per heavy atom. The second-order valence-corrected chi connectivity index (χ2v) is 9.29. The molecule has 5 nitrogen and oxygen atoms in total. The smallest absolute Gasteiger partial charge is 0.267 e. The number of sulfonamides is 1. The molecule has 0 heterocycles. The second kappa shape index (κ2) is 8.61. The highest BCUT2D eigenvalue weighted by Crippen LogP contribution is 2.35. The van der Waals surface area contributed by atoms with E-state index < -0.39 is 32.6 Å². The molecule has 0 saturated heterocycles. The molecule has 0 radical (unpaired) electrons. The standard InChI is InChI=1S/C19H25ClFNO4S/c1-4-9-19(5-2,6-3)12-26-17-11-16(21)14(10-15(17)20)18(23)22-27(24,25)13-7-8-13/h4,10-11,13H,1,5-9,12H2,2-3H3,(H,22,23). The number of carbonyl (C=O) groups is 1. The quantitative estimate of drug-likeness (QED) is 0.570. The molecule has 0 aliphatic heterocycles. The monoisotopic (exact) mass is 417 g/mol. The maximum Gasteiger partial charge on any atom is 0.267 e. The third-order valence-corrected chi connectivity index (χ3v) is 7.19. The third-order valence-electron chi connectivity index (χ3n) is 5.08. The van der Waals surface area contributed by atoms with Crippen molar-refractivity contribution in [3.63, 3.8) is 0 Å². The summed E-state index contributed by atoms with van der Waals surface area (Å²) in [6, 6.07) is 2.11. The molecule has 1 aromatic carbocycles. The van der Waals surface area contributed by atoms with E-state index in [0.29, 0.717) is 19.4 Å². The fourth-order valence-corrected chi connectivity index (χ4v) is 4.31.